The topological polar surface area (TPSA) is 17.8 Å². The van der Waals surface area contributed by atoms with E-state index in [-0.39, 0.29) is 0 Å². The molecule has 0 fully saturated rings. The lowest BCUT2D eigenvalue weighted by molar-refractivity contribution is -0.137. The van der Waals surface area contributed by atoms with Gasteiger partial charge in [-0.1, -0.05) is 6.92 Å². The fourth-order valence-electron chi connectivity index (χ4n) is 1.91. The molecular weight excluding hydrogens is 277 g/mol. The molecule has 0 aliphatic carbocycles. The van der Waals surface area contributed by atoms with E-state index in [0.29, 0.717) is 18.0 Å². The largest absolute Gasteiger partial charge is 0.416 e. The van der Waals surface area contributed by atoms with Crippen molar-refractivity contribution in [2.24, 2.45) is 0 Å². The van der Waals surface area contributed by atoms with Gasteiger partial charge in [0, 0.05) is 11.3 Å². The van der Waals surface area contributed by atoms with Gasteiger partial charge in [-0.25, -0.2) is 4.68 Å². The normalized spacial score (nSPS) is 11.8. The SMILES string of the molecule is CCc1c(CCl)cnn1-c1ccc(C(F)(F)F)cc1. The van der Waals surface area contributed by atoms with Crippen molar-refractivity contribution < 1.29 is 13.2 Å². The molecule has 0 aliphatic heterocycles. The summed E-state index contributed by atoms with van der Waals surface area (Å²) < 4.78 is 39.1. The van der Waals surface area contributed by atoms with Crippen LogP contribution in [0.25, 0.3) is 5.69 Å². The molecule has 2 rings (SSSR count). The lowest BCUT2D eigenvalue weighted by atomic mass is 10.2. The summed E-state index contributed by atoms with van der Waals surface area (Å²) in [4.78, 5) is 0. The van der Waals surface area contributed by atoms with Crippen LogP contribution < -0.4 is 0 Å². The number of benzene rings is 1. The molecule has 0 aliphatic rings. The van der Waals surface area contributed by atoms with Gasteiger partial charge >= 0.3 is 6.18 Å². The smallest absolute Gasteiger partial charge is 0.238 e. The highest BCUT2D eigenvalue weighted by Gasteiger charge is 2.30. The minimum atomic E-state index is -4.32. The maximum absolute atomic E-state index is 12.5. The highest BCUT2D eigenvalue weighted by molar-refractivity contribution is 6.17. The Balaban J connectivity index is 2.40. The van der Waals surface area contributed by atoms with E-state index in [1.165, 1.54) is 12.1 Å². The number of aromatic nitrogens is 2. The van der Waals surface area contributed by atoms with Gasteiger partial charge in [-0.3, -0.25) is 0 Å². The molecule has 19 heavy (non-hydrogen) atoms. The van der Waals surface area contributed by atoms with Gasteiger partial charge in [-0.05, 0) is 30.7 Å². The van der Waals surface area contributed by atoms with Crippen LogP contribution >= 0.6 is 11.6 Å². The molecule has 0 saturated heterocycles. The van der Waals surface area contributed by atoms with Crippen LogP contribution in [-0.2, 0) is 18.5 Å². The molecule has 0 saturated carbocycles. The summed E-state index contributed by atoms with van der Waals surface area (Å²) in [5.41, 5.74) is 1.74. The third kappa shape index (κ3) is 2.76. The van der Waals surface area contributed by atoms with E-state index in [1.807, 2.05) is 6.92 Å². The maximum Gasteiger partial charge on any atom is 0.416 e. The van der Waals surface area contributed by atoms with Crippen molar-refractivity contribution in [3.05, 3.63) is 47.3 Å². The van der Waals surface area contributed by atoms with Gasteiger partial charge in [-0.15, -0.1) is 11.6 Å². The minimum absolute atomic E-state index is 0.337. The summed E-state index contributed by atoms with van der Waals surface area (Å²) in [5, 5.41) is 4.17. The number of alkyl halides is 4. The number of halogens is 4. The van der Waals surface area contributed by atoms with E-state index in [4.69, 9.17) is 11.6 Å². The van der Waals surface area contributed by atoms with Crippen molar-refractivity contribution >= 4 is 11.6 Å². The Morgan fingerprint density at radius 1 is 1.21 bits per heavy atom. The first kappa shape index (κ1) is 13.9. The number of hydrogen-bond donors (Lipinski definition) is 0. The molecule has 0 bridgehead atoms. The molecule has 1 aromatic heterocycles. The van der Waals surface area contributed by atoms with Gasteiger partial charge in [0.25, 0.3) is 0 Å². The number of nitrogens with zero attached hydrogens (tertiary/aromatic N) is 2. The average Bonchev–Trinajstić information content (AvgIpc) is 2.80. The van der Waals surface area contributed by atoms with E-state index in [9.17, 15) is 13.2 Å². The van der Waals surface area contributed by atoms with Crippen LogP contribution in [0.5, 0.6) is 0 Å². The molecule has 102 valence electrons. The highest BCUT2D eigenvalue weighted by Crippen LogP contribution is 2.29. The van der Waals surface area contributed by atoms with Crippen molar-refractivity contribution in [3.8, 4) is 5.69 Å². The Morgan fingerprint density at radius 3 is 2.32 bits per heavy atom. The minimum Gasteiger partial charge on any atom is -0.238 e. The van der Waals surface area contributed by atoms with E-state index in [1.54, 1.807) is 10.9 Å². The summed E-state index contributed by atoms with van der Waals surface area (Å²) >= 11 is 5.79. The molecule has 0 amide bonds. The lowest BCUT2D eigenvalue weighted by Crippen LogP contribution is -2.06. The molecule has 0 spiro atoms. The van der Waals surface area contributed by atoms with Crippen molar-refractivity contribution in [2.45, 2.75) is 25.4 Å². The van der Waals surface area contributed by atoms with E-state index < -0.39 is 11.7 Å². The summed E-state index contributed by atoms with van der Waals surface area (Å²) in [5.74, 6) is 0.337. The molecule has 0 radical (unpaired) electrons. The molecule has 0 N–H and O–H groups in total. The summed E-state index contributed by atoms with van der Waals surface area (Å²) in [6, 6.07) is 4.92. The molecular formula is C13H12ClF3N2. The molecule has 0 atom stereocenters. The monoisotopic (exact) mass is 288 g/mol. The van der Waals surface area contributed by atoms with Gasteiger partial charge in [0.05, 0.1) is 23.3 Å². The first-order chi connectivity index (χ1) is 8.97. The molecule has 0 unspecified atom stereocenters. The quantitative estimate of drug-likeness (QED) is 0.774. The predicted octanol–water partition coefficient (Wildman–Crippen LogP) is 4.19. The fourth-order valence-corrected chi connectivity index (χ4v) is 2.13. The van der Waals surface area contributed by atoms with Gasteiger partial charge in [0.15, 0.2) is 0 Å². The lowest BCUT2D eigenvalue weighted by Gasteiger charge is -2.10. The van der Waals surface area contributed by atoms with Crippen molar-refractivity contribution in [2.75, 3.05) is 0 Å². The van der Waals surface area contributed by atoms with Gasteiger partial charge < -0.3 is 0 Å². The Morgan fingerprint density at radius 2 is 1.84 bits per heavy atom. The van der Waals surface area contributed by atoms with Crippen LogP contribution in [0.3, 0.4) is 0 Å². The molecule has 2 nitrogen and oxygen atoms in total. The highest BCUT2D eigenvalue weighted by atomic mass is 35.5. The molecule has 1 aromatic carbocycles. The van der Waals surface area contributed by atoms with Crippen LogP contribution in [0.2, 0.25) is 0 Å². The number of hydrogen-bond acceptors (Lipinski definition) is 1. The van der Waals surface area contributed by atoms with E-state index in [0.717, 1.165) is 23.4 Å². The second-order valence-electron chi connectivity index (χ2n) is 4.06. The summed E-state index contributed by atoms with van der Waals surface area (Å²) in [6.45, 7) is 1.95. The Hall–Kier alpha value is -1.49. The van der Waals surface area contributed by atoms with Crippen LogP contribution in [-0.4, -0.2) is 9.78 Å². The Kier molecular flexibility index (Phi) is 3.85. The number of rotatable bonds is 3. The zero-order valence-electron chi connectivity index (χ0n) is 10.2. The third-order valence-electron chi connectivity index (χ3n) is 2.87. The van der Waals surface area contributed by atoms with Crippen molar-refractivity contribution in [1.29, 1.82) is 0 Å². The first-order valence-corrected chi connectivity index (χ1v) is 6.30. The zero-order chi connectivity index (χ0) is 14.0. The second kappa shape index (κ2) is 5.25. The van der Waals surface area contributed by atoms with Crippen molar-refractivity contribution in [1.82, 2.24) is 9.78 Å². The summed E-state index contributed by atoms with van der Waals surface area (Å²) in [6.07, 6.45) is -1.97. The molecule has 6 heteroatoms. The fraction of sp³-hybridized carbons (Fsp3) is 0.308. The molecule has 1 heterocycles. The Bertz CT molecular complexity index is 558. The first-order valence-electron chi connectivity index (χ1n) is 5.76. The standard InChI is InChI=1S/C13H12ClF3N2/c1-2-12-9(7-14)8-18-19(12)11-5-3-10(4-6-11)13(15,16)17/h3-6,8H,2,7H2,1H3. The molecule has 2 aromatic rings. The Labute approximate surface area is 113 Å². The van der Waals surface area contributed by atoms with Crippen LogP contribution in [0.1, 0.15) is 23.7 Å². The predicted molar refractivity (Wildman–Crippen MR) is 67.5 cm³/mol. The average molecular weight is 289 g/mol. The third-order valence-corrected chi connectivity index (χ3v) is 3.16. The van der Waals surface area contributed by atoms with Crippen molar-refractivity contribution in [3.63, 3.8) is 0 Å². The van der Waals surface area contributed by atoms with Gasteiger partial charge in [0.2, 0.25) is 0 Å². The van der Waals surface area contributed by atoms with E-state index >= 15 is 0 Å². The van der Waals surface area contributed by atoms with E-state index in [2.05, 4.69) is 5.10 Å². The van der Waals surface area contributed by atoms with Crippen LogP contribution in [0.15, 0.2) is 30.5 Å². The zero-order valence-corrected chi connectivity index (χ0v) is 11.0. The summed E-state index contributed by atoms with van der Waals surface area (Å²) in [7, 11) is 0. The van der Waals surface area contributed by atoms with Gasteiger partial charge in [-0.2, -0.15) is 18.3 Å². The maximum atomic E-state index is 12.5. The van der Waals surface area contributed by atoms with Crippen LogP contribution in [0, 0.1) is 0 Å². The van der Waals surface area contributed by atoms with Crippen LogP contribution in [0.4, 0.5) is 13.2 Å². The second-order valence-corrected chi connectivity index (χ2v) is 4.33. The van der Waals surface area contributed by atoms with Gasteiger partial charge in [0.1, 0.15) is 0 Å².